The summed E-state index contributed by atoms with van der Waals surface area (Å²) in [6, 6.07) is 8.26. The minimum absolute atomic E-state index is 0.297. The second kappa shape index (κ2) is 6.86. The first-order chi connectivity index (χ1) is 9.63. The van der Waals surface area contributed by atoms with Crippen LogP contribution in [0.2, 0.25) is 0 Å². The fourth-order valence-electron chi connectivity index (χ4n) is 2.12. The molecule has 1 aromatic heterocycles. The Morgan fingerprint density at radius 1 is 1.25 bits per heavy atom. The van der Waals surface area contributed by atoms with Crippen molar-refractivity contribution in [2.24, 2.45) is 5.73 Å². The van der Waals surface area contributed by atoms with Crippen LogP contribution in [0.3, 0.4) is 0 Å². The molecule has 0 saturated heterocycles. The van der Waals surface area contributed by atoms with Crippen LogP contribution < -0.4 is 10.5 Å². The van der Waals surface area contributed by atoms with Gasteiger partial charge in [0.15, 0.2) is 0 Å². The van der Waals surface area contributed by atoms with Crippen LogP contribution in [0.25, 0.3) is 0 Å². The second-order valence-corrected chi connectivity index (χ2v) is 6.14. The van der Waals surface area contributed by atoms with Gasteiger partial charge in [-0.2, -0.15) is 0 Å². The topological polar surface area (TPSA) is 48.1 Å². The number of ether oxygens (including phenoxy) is 1. The third-order valence-electron chi connectivity index (χ3n) is 3.40. The molecule has 0 spiro atoms. The Kier molecular flexibility index (Phi) is 5.15. The van der Waals surface area contributed by atoms with E-state index in [1.807, 2.05) is 19.1 Å². The number of hydrogen-bond acceptors (Lipinski definition) is 4. The quantitative estimate of drug-likeness (QED) is 0.886. The van der Waals surface area contributed by atoms with E-state index in [9.17, 15) is 0 Å². The van der Waals surface area contributed by atoms with Gasteiger partial charge in [0, 0.05) is 17.3 Å². The zero-order chi connectivity index (χ0) is 14.5. The van der Waals surface area contributed by atoms with Crippen molar-refractivity contribution >= 4 is 11.3 Å². The fraction of sp³-hybridized carbons (Fsp3) is 0.438. The SMILES string of the molecule is CCOc1ccc(CC(CN)c2nc(C)c(C)s2)cc1. The van der Waals surface area contributed by atoms with Gasteiger partial charge in [0.2, 0.25) is 0 Å². The number of aromatic nitrogens is 1. The van der Waals surface area contributed by atoms with Crippen LogP contribution >= 0.6 is 11.3 Å². The highest BCUT2D eigenvalue weighted by molar-refractivity contribution is 7.11. The molecule has 0 bridgehead atoms. The molecule has 4 heteroatoms. The molecule has 1 aromatic carbocycles. The molecule has 0 aliphatic carbocycles. The van der Waals surface area contributed by atoms with Crippen LogP contribution in [0, 0.1) is 13.8 Å². The van der Waals surface area contributed by atoms with Crippen molar-refractivity contribution in [3.05, 3.63) is 45.4 Å². The fourth-order valence-corrected chi connectivity index (χ4v) is 3.15. The molecule has 2 N–H and O–H groups in total. The number of hydrogen-bond donors (Lipinski definition) is 1. The molecule has 1 unspecified atom stereocenters. The highest BCUT2D eigenvalue weighted by Crippen LogP contribution is 2.27. The van der Waals surface area contributed by atoms with Crippen LogP contribution in [0.1, 0.15) is 34.0 Å². The third-order valence-corrected chi connectivity index (χ3v) is 4.63. The van der Waals surface area contributed by atoms with Crippen LogP contribution in [0.5, 0.6) is 5.75 Å². The third kappa shape index (κ3) is 3.58. The largest absolute Gasteiger partial charge is 0.494 e. The monoisotopic (exact) mass is 290 g/mol. The highest BCUT2D eigenvalue weighted by Gasteiger charge is 2.16. The molecular weight excluding hydrogens is 268 g/mol. The zero-order valence-electron chi connectivity index (χ0n) is 12.3. The molecule has 20 heavy (non-hydrogen) atoms. The molecular formula is C16H22N2OS. The number of aryl methyl sites for hydroxylation is 2. The molecule has 0 aliphatic rings. The Hall–Kier alpha value is -1.39. The number of rotatable bonds is 6. The minimum Gasteiger partial charge on any atom is -0.494 e. The first-order valence-corrected chi connectivity index (χ1v) is 7.81. The van der Waals surface area contributed by atoms with E-state index in [4.69, 9.17) is 10.5 Å². The molecule has 3 nitrogen and oxygen atoms in total. The number of nitrogens with two attached hydrogens (primary N) is 1. The lowest BCUT2D eigenvalue weighted by atomic mass is 10.00. The van der Waals surface area contributed by atoms with Gasteiger partial charge >= 0.3 is 0 Å². The number of nitrogens with zero attached hydrogens (tertiary/aromatic N) is 1. The van der Waals surface area contributed by atoms with Crippen molar-refractivity contribution < 1.29 is 4.74 Å². The normalized spacial score (nSPS) is 12.4. The maximum atomic E-state index is 5.93. The molecule has 2 rings (SSSR count). The van der Waals surface area contributed by atoms with E-state index in [1.165, 1.54) is 10.4 Å². The maximum absolute atomic E-state index is 5.93. The Balaban J connectivity index is 2.09. The van der Waals surface area contributed by atoms with Crippen LogP contribution in [0.4, 0.5) is 0 Å². The molecule has 1 atom stereocenters. The van der Waals surface area contributed by atoms with E-state index in [0.717, 1.165) is 22.9 Å². The minimum atomic E-state index is 0.297. The summed E-state index contributed by atoms with van der Waals surface area (Å²) in [6.45, 7) is 7.48. The van der Waals surface area contributed by atoms with Gasteiger partial charge in [-0.1, -0.05) is 12.1 Å². The zero-order valence-corrected chi connectivity index (χ0v) is 13.2. The predicted molar refractivity (Wildman–Crippen MR) is 84.7 cm³/mol. The van der Waals surface area contributed by atoms with Crippen molar-refractivity contribution in [1.29, 1.82) is 0 Å². The summed E-state index contributed by atoms with van der Waals surface area (Å²) in [5.74, 6) is 1.21. The molecule has 108 valence electrons. The summed E-state index contributed by atoms with van der Waals surface area (Å²) in [5, 5.41) is 1.15. The van der Waals surface area contributed by atoms with Crippen molar-refractivity contribution in [3.8, 4) is 5.75 Å². The van der Waals surface area contributed by atoms with E-state index in [2.05, 4.69) is 31.0 Å². The predicted octanol–water partition coefficient (Wildman–Crippen LogP) is 3.44. The summed E-state index contributed by atoms with van der Waals surface area (Å²) < 4.78 is 5.46. The Morgan fingerprint density at radius 2 is 1.95 bits per heavy atom. The average molecular weight is 290 g/mol. The number of thiazole rings is 1. The summed E-state index contributed by atoms with van der Waals surface area (Å²) >= 11 is 1.76. The van der Waals surface area contributed by atoms with Crippen LogP contribution in [-0.2, 0) is 6.42 Å². The number of benzene rings is 1. The smallest absolute Gasteiger partial charge is 0.119 e. The molecule has 0 aliphatic heterocycles. The molecule has 1 heterocycles. The summed E-state index contributed by atoms with van der Waals surface area (Å²) in [7, 11) is 0. The van der Waals surface area contributed by atoms with Crippen LogP contribution in [-0.4, -0.2) is 18.1 Å². The van der Waals surface area contributed by atoms with Crippen molar-refractivity contribution in [3.63, 3.8) is 0 Å². The highest BCUT2D eigenvalue weighted by atomic mass is 32.1. The van der Waals surface area contributed by atoms with Gasteiger partial charge in [0.05, 0.1) is 17.3 Å². The Labute approximate surface area is 124 Å². The second-order valence-electron chi connectivity index (χ2n) is 4.91. The Bertz CT molecular complexity index is 529. The lowest BCUT2D eigenvalue weighted by Gasteiger charge is -2.12. The van der Waals surface area contributed by atoms with E-state index in [1.54, 1.807) is 11.3 Å². The standard InChI is InChI=1S/C16H22N2OS/c1-4-19-15-7-5-13(6-8-15)9-14(10-17)16-18-11(2)12(3)20-16/h5-8,14H,4,9-10,17H2,1-3H3. The van der Waals surface area contributed by atoms with Gasteiger partial charge in [-0.3, -0.25) is 0 Å². The van der Waals surface area contributed by atoms with Crippen molar-refractivity contribution in [1.82, 2.24) is 4.98 Å². The van der Waals surface area contributed by atoms with Gasteiger partial charge < -0.3 is 10.5 Å². The summed E-state index contributed by atoms with van der Waals surface area (Å²) in [5.41, 5.74) is 8.32. The van der Waals surface area contributed by atoms with Gasteiger partial charge in [0.25, 0.3) is 0 Å². The lowest BCUT2D eigenvalue weighted by molar-refractivity contribution is 0.340. The van der Waals surface area contributed by atoms with Gasteiger partial charge in [0.1, 0.15) is 5.75 Å². The summed E-state index contributed by atoms with van der Waals surface area (Å²) in [4.78, 5) is 5.92. The lowest BCUT2D eigenvalue weighted by Crippen LogP contribution is -2.15. The van der Waals surface area contributed by atoms with E-state index in [-0.39, 0.29) is 0 Å². The average Bonchev–Trinajstić information content (AvgIpc) is 2.78. The molecule has 0 radical (unpaired) electrons. The molecule has 0 amide bonds. The van der Waals surface area contributed by atoms with E-state index >= 15 is 0 Å². The van der Waals surface area contributed by atoms with E-state index in [0.29, 0.717) is 19.1 Å². The first-order valence-electron chi connectivity index (χ1n) is 6.99. The van der Waals surface area contributed by atoms with Gasteiger partial charge in [-0.25, -0.2) is 4.98 Å². The van der Waals surface area contributed by atoms with Crippen molar-refractivity contribution in [2.75, 3.05) is 13.2 Å². The molecule has 2 aromatic rings. The maximum Gasteiger partial charge on any atom is 0.119 e. The molecule has 0 fully saturated rings. The van der Waals surface area contributed by atoms with E-state index < -0.39 is 0 Å². The van der Waals surface area contributed by atoms with Crippen LogP contribution in [0.15, 0.2) is 24.3 Å². The van der Waals surface area contributed by atoms with Gasteiger partial charge in [-0.05, 0) is 44.9 Å². The molecule has 0 saturated carbocycles. The van der Waals surface area contributed by atoms with Gasteiger partial charge in [-0.15, -0.1) is 11.3 Å². The van der Waals surface area contributed by atoms with Crippen molar-refractivity contribution in [2.45, 2.75) is 33.1 Å². The summed E-state index contributed by atoms with van der Waals surface area (Å²) in [6.07, 6.45) is 0.926. The Morgan fingerprint density at radius 3 is 2.45 bits per heavy atom. The first kappa shape index (κ1) is 15.0.